The summed E-state index contributed by atoms with van der Waals surface area (Å²) in [6, 6.07) is 4.98. The van der Waals surface area contributed by atoms with E-state index in [2.05, 4.69) is 48.9 Å². The van der Waals surface area contributed by atoms with Gasteiger partial charge in [0, 0.05) is 17.5 Å². The van der Waals surface area contributed by atoms with E-state index in [0.717, 1.165) is 12.3 Å². The van der Waals surface area contributed by atoms with Crippen LogP contribution in [0.3, 0.4) is 0 Å². The Balaban J connectivity index is 2.37. The van der Waals surface area contributed by atoms with Crippen molar-refractivity contribution in [3.8, 4) is 0 Å². The van der Waals surface area contributed by atoms with Crippen LogP contribution in [0.15, 0.2) is 17.5 Å². The number of hydrogen-bond donors (Lipinski definition) is 1. The van der Waals surface area contributed by atoms with E-state index >= 15 is 0 Å². The Morgan fingerprint density at radius 2 is 2.20 bits per heavy atom. The molecule has 0 aromatic carbocycles. The van der Waals surface area contributed by atoms with Crippen LogP contribution in [-0.2, 0) is 6.54 Å². The molecule has 0 radical (unpaired) electrons. The van der Waals surface area contributed by atoms with Gasteiger partial charge in [-0.2, -0.15) is 12.6 Å². The van der Waals surface area contributed by atoms with Crippen LogP contribution in [0.5, 0.6) is 0 Å². The molecule has 0 aliphatic rings. The van der Waals surface area contributed by atoms with Crippen molar-refractivity contribution in [2.75, 3.05) is 12.3 Å². The normalized spacial score (nSPS) is 11.5. The third-order valence-electron chi connectivity index (χ3n) is 2.52. The molecule has 0 atom stereocenters. The zero-order valence-corrected chi connectivity index (χ0v) is 11.4. The van der Waals surface area contributed by atoms with Crippen molar-refractivity contribution in [2.24, 2.45) is 0 Å². The van der Waals surface area contributed by atoms with Gasteiger partial charge in [-0.05, 0) is 50.4 Å². The smallest absolute Gasteiger partial charge is 0.0330 e. The van der Waals surface area contributed by atoms with Crippen LogP contribution in [0, 0.1) is 0 Å². The maximum atomic E-state index is 4.25. The monoisotopic (exact) mass is 243 g/mol. The maximum Gasteiger partial charge on any atom is 0.0330 e. The lowest BCUT2D eigenvalue weighted by atomic mass is 10.2. The Morgan fingerprint density at radius 3 is 2.73 bits per heavy atom. The fourth-order valence-corrected chi connectivity index (χ4v) is 2.50. The predicted octanol–water partition coefficient (Wildman–Crippen LogP) is 3.67. The second kappa shape index (κ2) is 7.31. The van der Waals surface area contributed by atoms with Crippen molar-refractivity contribution >= 4 is 24.0 Å². The molecule has 1 nitrogen and oxygen atoms in total. The fraction of sp³-hybridized carbons (Fsp3) is 0.667. The first-order valence-corrected chi connectivity index (χ1v) is 7.12. The van der Waals surface area contributed by atoms with Crippen LogP contribution < -0.4 is 0 Å². The van der Waals surface area contributed by atoms with Gasteiger partial charge in [-0.15, -0.1) is 11.3 Å². The van der Waals surface area contributed by atoms with Gasteiger partial charge in [-0.3, -0.25) is 4.90 Å². The van der Waals surface area contributed by atoms with Gasteiger partial charge in [0.25, 0.3) is 0 Å². The first-order valence-electron chi connectivity index (χ1n) is 5.61. The van der Waals surface area contributed by atoms with Gasteiger partial charge >= 0.3 is 0 Å². The van der Waals surface area contributed by atoms with Gasteiger partial charge in [-0.25, -0.2) is 0 Å². The number of rotatable bonds is 7. The molecule has 0 aliphatic carbocycles. The standard InChI is InChI=1S/C12H21NS2/c1-11(2)13(7-3-4-8-14)10-12-6-5-9-15-12/h5-6,9,11,14H,3-4,7-8,10H2,1-2H3. The van der Waals surface area contributed by atoms with Crippen LogP contribution in [0.25, 0.3) is 0 Å². The van der Waals surface area contributed by atoms with E-state index in [4.69, 9.17) is 0 Å². The summed E-state index contributed by atoms with van der Waals surface area (Å²) in [5.74, 6) is 1.00. The Kier molecular flexibility index (Phi) is 6.37. The molecule has 0 fully saturated rings. The summed E-state index contributed by atoms with van der Waals surface area (Å²) in [6.07, 6.45) is 2.48. The third-order valence-corrected chi connectivity index (χ3v) is 3.70. The summed E-state index contributed by atoms with van der Waals surface area (Å²) < 4.78 is 0. The zero-order chi connectivity index (χ0) is 11.1. The molecule has 0 bridgehead atoms. The Hall–Kier alpha value is 0.01000. The lowest BCUT2D eigenvalue weighted by Crippen LogP contribution is -2.31. The van der Waals surface area contributed by atoms with Crippen LogP contribution >= 0.6 is 24.0 Å². The largest absolute Gasteiger partial charge is 0.296 e. The van der Waals surface area contributed by atoms with Gasteiger partial charge in [0.2, 0.25) is 0 Å². The molecule has 1 aromatic heterocycles. The van der Waals surface area contributed by atoms with E-state index in [9.17, 15) is 0 Å². The molecule has 1 aromatic rings. The van der Waals surface area contributed by atoms with Crippen LogP contribution in [0.4, 0.5) is 0 Å². The second-order valence-electron chi connectivity index (χ2n) is 4.07. The highest BCUT2D eigenvalue weighted by molar-refractivity contribution is 7.80. The highest BCUT2D eigenvalue weighted by Crippen LogP contribution is 2.14. The molecule has 0 N–H and O–H groups in total. The van der Waals surface area contributed by atoms with E-state index < -0.39 is 0 Å². The molecule has 0 amide bonds. The summed E-state index contributed by atoms with van der Waals surface area (Å²) in [5, 5.41) is 2.15. The van der Waals surface area contributed by atoms with E-state index in [0.29, 0.717) is 6.04 Å². The van der Waals surface area contributed by atoms with Crippen LogP contribution in [-0.4, -0.2) is 23.2 Å². The summed E-state index contributed by atoms with van der Waals surface area (Å²) in [7, 11) is 0. The molecule has 0 saturated carbocycles. The van der Waals surface area contributed by atoms with Crippen molar-refractivity contribution < 1.29 is 0 Å². The molecule has 1 rings (SSSR count). The first kappa shape index (κ1) is 13.1. The molecule has 0 aliphatic heterocycles. The molecular weight excluding hydrogens is 222 g/mol. The Labute approximate surface area is 103 Å². The molecule has 15 heavy (non-hydrogen) atoms. The molecule has 0 saturated heterocycles. The lowest BCUT2D eigenvalue weighted by Gasteiger charge is -2.25. The number of thiophene rings is 1. The van der Waals surface area contributed by atoms with Crippen molar-refractivity contribution in [3.63, 3.8) is 0 Å². The van der Waals surface area contributed by atoms with Crippen molar-refractivity contribution in [3.05, 3.63) is 22.4 Å². The number of nitrogens with zero attached hydrogens (tertiary/aromatic N) is 1. The van der Waals surface area contributed by atoms with Crippen molar-refractivity contribution in [1.82, 2.24) is 4.90 Å². The Bertz CT molecular complexity index is 244. The van der Waals surface area contributed by atoms with E-state index in [1.54, 1.807) is 0 Å². The molecule has 86 valence electrons. The zero-order valence-electron chi connectivity index (χ0n) is 9.65. The van der Waals surface area contributed by atoms with Crippen molar-refractivity contribution in [2.45, 2.75) is 39.3 Å². The maximum absolute atomic E-state index is 4.25. The number of thiol groups is 1. The van der Waals surface area contributed by atoms with E-state index in [1.807, 2.05) is 11.3 Å². The average Bonchev–Trinajstić information content (AvgIpc) is 2.69. The Morgan fingerprint density at radius 1 is 1.40 bits per heavy atom. The number of unbranched alkanes of at least 4 members (excludes halogenated alkanes) is 1. The van der Waals surface area contributed by atoms with E-state index in [1.165, 1.54) is 24.3 Å². The van der Waals surface area contributed by atoms with Gasteiger partial charge in [0.05, 0.1) is 0 Å². The molecule has 3 heteroatoms. The van der Waals surface area contributed by atoms with Gasteiger partial charge in [0.1, 0.15) is 0 Å². The first-order chi connectivity index (χ1) is 7.24. The van der Waals surface area contributed by atoms with Crippen molar-refractivity contribution in [1.29, 1.82) is 0 Å². The van der Waals surface area contributed by atoms with E-state index in [-0.39, 0.29) is 0 Å². The van der Waals surface area contributed by atoms with Crippen LogP contribution in [0.2, 0.25) is 0 Å². The SMILES string of the molecule is CC(C)N(CCCCS)Cc1cccs1. The average molecular weight is 243 g/mol. The third kappa shape index (κ3) is 5.05. The van der Waals surface area contributed by atoms with Crippen LogP contribution in [0.1, 0.15) is 31.6 Å². The minimum absolute atomic E-state index is 0.631. The highest BCUT2D eigenvalue weighted by Gasteiger charge is 2.09. The molecule has 1 heterocycles. The summed E-state index contributed by atoms with van der Waals surface area (Å²) in [5.41, 5.74) is 0. The second-order valence-corrected chi connectivity index (χ2v) is 5.55. The summed E-state index contributed by atoms with van der Waals surface area (Å²) in [4.78, 5) is 4.00. The van der Waals surface area contributed by atoms with Gasteiger partial charge in [-0.1, -0.05) is 6.07 Å². The fourth-order valence-electron chi connectivity index (χ4n) is 1.55. The van der Waals surface area contributed by atoms with Gasteiger partial charge in [0.15, 0.2) is 0 Å². The van der Waals surface area contributed by atoms with Gasteiger partial charge < -0.3 is 0 Å². The molecule has 0 unspecified atom stereocenters. The minimum Gasteiger partial charge on any atom is -0.296 e. The topological polar surface area (TPSA) is 3.24 Å². The predicted molar refractivity (Wildman–Crippen MR) is 73.0 cm³/mol. The molecular formula is C12H21NS2. The summed E-state index contributed by atoms with van der Waals surface area (Å²) >= 11 is 6.10. The quantitative estimate of drug-likeness (QED) is 0.565. The molecule has 0 spiro atoms. The summed E-state index contributed by atoms with van der Waals surface area (Å²) in [6.45, 7) is 6.83. The number of hydrogen-bond acceptors (Lipinski definition) is 3. The lowest BCUT2D eigenvalue weighted by molar-refractivity contribution is 0.212. The highest BCUT2D eigenvalue weighted by atomic mass is 32.1. The minimum atomic E-state index is 0.631.